The van der Waals surface area contributed by atoms with Gasteiger partial charge in [0.1, 0.15) is 12.5 Å². The third kappa shape index (κ3) is 6.18. The van der Waals surface area contributed by atoms with Gasteiger partial charge in [0.25, 0.3) is 5.91 Å². The van der Waals surface area contributed by atoms with Crippen molar-refractivity contribution in [3.05, 3.63) is 75.0 Å². The zero-order valence-corrected chi connectivity index (χ0v) is 24.6. The molecule has 0 unspecified atom stereocenters. The number of halogens is 3. The van der Waals surface area contributed by atoms with E-state index in [0.717, 1.165) is 79.3 Å². The molecular formula is C31H35F3N6OS. The number of aryl methyl sites for hydroxylation is 1. The topological polar surface area (TPSA) is 63.2 Å². The SMILES string of the molecule is CCN1CCN(Cc2ccc(NC(=O)c3ccc(C)c(N4CN=C(NC5CC5)c5sccc54)c3)cc2C(F)(F)F)CC1. The summed E-state index contributed by atoms with van der Waals surface area (Å²) in [6.45, 7) is 8.80. The van der Waals surface area contributed by atoms with Gasteiger partial charge in [-0.2, -0.15) is 13.2 Å². The molecule has 0 spiro atoms. The number of piperazine rings is 1. The molecule has 0 bridgehead atoms. The monoisotopic (exact) mass is 596 g/mol. The Bertz CT molecular complexity index is 1490. The molecule has 1 saturated carbocycles. The van der Waals surface area contributed by atoms with Crippen LogP contribution < -0.4 is 15.5 Å². The first kappa shape index (κ1) is 28.7. The van der Waals surface area contributed by atoms with E-state index in [1.807, 2.05) is 18.4 Å². The third-order valence-corrected chi connectivity index (χ3v) is 9.09. The van der Waals surface area contributed by atoms with Crippen molar-refractivity contribution in [3.8, 4) is 0 Å². The minimum Gasteiger partial charge on any atom is -0.366 e. The number of anilines is 3. The van der Waals surface area contributed by atoms with Crippen molar-refractivity contribution in [1.29, 1.82) is 0 Å². The third-order valence-electron chi connectivity index (χ3n) is 8.18. The molecule has 2 aliphatic heterocycles. The number of carbonyl (C=O) groups is 1. The van der Waals surface area contributed by atoms with Gasteiger partial charge in [-0.3, -0.25) is 9.69 Å². The Morgan fingerprint density at radius 2 is 1.79 bits per heavy atom. The maximum absolute atomic E-state index is 14.1. The maximum Gasteiger partial charge on any atom is 0.416 e. The second-order valence-electron chi connectivity index (χ2n) is 11.2. The minimum atomic E-state index is -4.53. The number of thiophene rings is 1. The van der Waals surface area contributed by atoms with Crippen LogP contribution in [0.25, 0.3) is 0 Å². The van der Waals surface area contributed by atoms with Crippen LogP contribution in [0.1, 0.15) is 51.7 Å². The number of aliphatic imine (C=N–C) groups is 1. The van der Waals surface area contributed by atoms with Crippen molar-refractivity contribution < 1.29 is 18.0 Å². The van der Waals surface area contributed by atoms with E-state index in [1.54, 1.807) is 29.5 Å². The molecule has 3 aromatic rings. The van der Waals surface area contributed by atoms with Crippen LogP contribution in [0.15, 0.2) is 52.8 Å². The number of hydrogen-bond acceptors (Lipinski definition) is 7. The van der Waals surface area contributed by atoms with Crippen LogP contribution in [0.3, 0.4) is 0 Å². The Morgan fingerprint density at radius 3 is 2.50 bits per heavy atom. The van der Waals surface area contributed by atoms with Crippen molar-refractivity contribution in [3.63, 3.8) is 0 Å². The molecule has 1 aromatic heterocycles. The van der Waals surface area contributed by atoms with E-state index in [9.17, 15) is 18.0 Å². The number of alkyl halides is 3. The first-order valence-electron chi connectivity index (χ1n) is 14.4. The van der Waals surface area contributed by atoms with Crippen LogP contribution in [0.5, 0.6) is 0 Å². The Labute approximate surface area is 248 Å². The summed E-state index contributed by atoms with van der Waals surface area (Å²) in [5, 5.41) is 8.24. The first-order valence-corrected chi connectivity index (χ1v) is 15.3. The Hall–Kier alpha value is -3.41. The number of benzene rings is 2. The normalized spacial score (nSPS) is 18.0. The van der Waals surface area contributed by atoms with E-state index in [2.05, 4.69) is 38.3 Å². The Balaban J connectivity index is 1.20. The van der Waals surface area contributed by atoms with Crippen LogP contribution in [0, 0.1) is 6.92 Å². The lowest BCUT2D eigenvalue weighted by molar-refractivity contribution is -0.138. The predicted molar refractivity (Wildman–Crippen MR) is 162 cm³/mol. The molecule has 222 valence electrons. The van der Waals surface area contributed by atoms with E-state index in [-0.39, 0.29) is 17.8 Å². The van der Waals surface area contributed by atoms with Gasteiger partial charge in [-0.1, -0.05) is 19.1 Å². The molecule has 6 rings (SSSR count). The highest BCUT2D eigenvalue weighted by Crippen LogP contribution is 2.38. The maximum atomic E-state index is 14.1. The van der Waals surface area contributed by atoms with Crippen LogP contribution in [-0.2, 0) is 12.7 Å². The molecule has 2 aromatic carbocycles. The van der Waals surface area contributed by atoms with Gasteiger partial charge in [0.2, 0.25) is 0 Å². The lowest BCUT2D eigenvalue weighted by Crippen LogP contribution is -2.45. The fourth-order valence-electron chi connectivity index (χ4n) is 5.53. The lowest BCUT2D eigenvalue weighted by atomic mass is 10.0. The summed E-state index contributed by atoms with van der Waals surface area (Å²) in [4.78, 5) is 25.6. The summed E-state index contributed by atoms with van der Waals surface area (Å²) in [6.07, 6.45) is -2.22. The average Bonchev–Trinajstić information content (AvgIpc) is 3.65. The van der Waals surface area contributed by atoms with Gasteiger partial charge in [0.15, 0.2) is 0 Å². The summed E-state index contributed by atoms with van der Waals surface area (Å²) in [5.74, 6) is 0.451. The quantitative estimate of drug-likeness (QED) is 0.347. The summed E-state index contributed by atoms with van der Waals surface area (Å²) in [5.41, 5.74) is 2.83. The molecule has 1 aliphatic carbocycles. The molecule has 11 heteroatoms. The summed E-state index contributed by atoms with van der Waals surface area (Å²) >= 11 is 1.62. The summed E-state index contributed by atoms with van der Waals surface area (Å²) in [7, 11) is 0. The second kappa shape index (κ2) is 11.7. The molecule has 7 nitrogen and oxygen atoms in total. The molecule has 3 heterocycles. The van der Waals surface area contributed by atoms with Crippen molar-refractivity contribution >= 4 is 40.1 Å². The Morgan fingerprint density at radius 1 is 1.02 bits per heavy atom. The molecule has 42 heavy (non-hydrogen) atoms. The number of fused-ring (bicyclic) bond motifs is 1. The zero-order chi connectivity index (χ0) is 29.4. The number of carbonyl (C=O) groups excluding carboxylic acids is 1. The van der Waals surface area contributed by atoms with Crippen molar-refractivity contribution in [1.82, 2.24) is 15.1 Å². The van der Waals surface area contributed by atoms with E-state index in [0.29, 0.717) is 18.3 Å². The fourth-order valence-corrected chi connectivity index (χ4v) is 6.39. The zero-order valence-electron chi connectivity index (χ0n) is 23.8. The van der Waals surface area contributed by atoms with Crippen molar-refractivity contribution in [2.24, 2.45) is 4.99 Å². The highest BCUT2D eigenvalue weighted by atomic mass is 32.1. The molecule has 1 saturated heterocycles. The van der Waals surface area contributed by atoms with Crippen LogP contribution in [0.4, 0.5) is 30.2 Å². The molecule has 2 fully saturated rings. The van der Waals surface area contributed by atoms with E-state index < -0.39 is 17.6 Å². The average molecular weight is 597 g/mol. The number of rotatable bonds is 7. The molecule has 3 aliphatic rings. The van der Waals surface area contributed by atoms with Gasteiger partial charge in [-0.25, -0.2) is 4.99 Å². The summed E-state index contributed by atoms with van der Waals surface area (Å²) in [6, 6.07) is 12.0. The van der Waals surface area contributed by atoms with Gasteiger partial charge >= 0.3 is 6.18 Å². The Kier molecular flexibility index (Phi) is 7.99. The van der Waals surface area contributed by atoms with Gasteiger partial charge in [0, 0.05) is 55.7 Å². The summed E-state index contributed by atoms with van der Waals surface area (Å²) < 4.78 is 42.3. The smallest absolute Gasteiger partial charge is 0.366 e. The van der Waals surface area contributed by atoms with Crippen molar-refractivity contribution in [2.75, 3.05) is 49.6 Å². The van der Waals surface area contributed by atoms with E-state index in [1.165, 1.54) is 6.07 Å². The number of likely N-dealkylation sites (N-methyl/N-ethyl adjacent to an activating group) is 1. The largest absolute Gasteiger partial charge is 0.416 e. The first-order chi connectivity index (χ1) is 20.2. The van der Waals surface area contributed by atoms with Crippen LogP contribution >= 0.6 is 11.3 Å². The number of amides is 1. The highest BCUT2D eigenvalue weighted by molar-refractivity contribution is 7.12. The number of hydrogen-bond donors (Lipinski definition) is 2. The fraction of sp³-hybridized carbons (Fsp3) is 0.419. The molecular weight excluding hydrogens is 561 g/mol. The van der Waals surface area contributed by atoms with Gasteiger partial charge in [0.05, 0.1) is 16.1 Å². The van der Waals surface area contributed by atoms with Gasteiger partial charge < -0.3 is 20.4 Å². The predicted octanol–water partition coefficient (Wildman–Crippen LogP) is 6.07. The highest BCUT2D eigenvalue weighted by Gasteiger charge is 2.34. The van der Waals surface area contributed by atoms with Crippen LogP contribution in [-0.4, -0.2) is 67.0 Å². The second-order valence-corrected chi connectivity index (χ2v) is 12.1. The molecule has 2 N–H and O–H groups in total. The van der Waals surface area contributed by atoms with E-state index >= 15 is 0 Å². The number of nitrogens with zero attached hydrogens (tertiary/aromatic N) is 4. The minimum absolute atomic E-state index is 0.118. The lowest BCUT2D eigenvalue weighted by Gasteiger charge is -2.34. The van der Waals surface area contributed by atoms with Crippen molar-refractivity contribution in [2.45, 2.75) is 45.5 Å². The van der Waals surface area contributed by atoms with Gasteiger partial charge in [-0.05, 0) is 73.1 Å². The van der Waals surface area contributed by atoms with E-state index in [4.69, 9.17) is 4.99 Å². The van der Waals surface area contributed by atoms with Crippen LogP contribution in [0.2, 0.25) is 0 Å². The standard InChI is InChI=1S/C31H35F3N6OS/c1-3-38-11-13-39(14-12-38)18-22-6-7-24(17-25(22)31(32,33)34)37-30(41)21-5-4-20(2)27(16-21)40-19-35-29(36-23-8-9-23)28-26(40)10-15-42-28/h4-7,10,15-17,23H,3,8-9,11-14,18-19H2,1-2H3,(H,35,36)(H,37,41). The molecule has 0 radical (unpaired) electrons. The number of nitrogens with one attached hydrogen (secondary N) is 2. The number of amidine groups is 1. The molecule has 0 atom stereocenters. The molecule has 1 amide bonds. The van der Waals surface area contributed by atoms with Gasteiger partial charge in [-0.15, -0.1) is 11.3 Å².